The highest BCUT2D eigenvalue weighted by atomic mass is 19.4. The Balaban J connectivity index is 2.31. The van der Waals surface area contributed by atoms with Crippen LogP contribution in [-0.4, -0.2) is 32.6 Å². The fourth-order valence-electron chi connectivity index (χ4n) is 1.80. The molecule has 134 valence electrons. The number of aromatic nitrogens is 2. The van der Waals surface area contributed by atoms with E-state index in [1.165, 1.54) is 24.3 Å². The largest absolute Gasteiger partial charge is 0.433 e. The minimum Gasteiger partial charge on any atom is -0.394 e. The monoisotopic (exact) mass is 357 g/mol. The first-order chi connectivity index (χ1) is 11.7. The van der Waals surface area contributed by atoms with Crippen LogP contribution < -0.4 is 10.6 Å². The van der Waals surface area contributed by atoms with E-state index in [4.69, 9.17) is 5.11 Å². The van der Waals surface area contributed by atoms with E-state index in [-0.39, 0.29) is 24.1 Å². The van der Waals surface area contributed by atoms with Gasteiger partial charge in [-0.3, -0.25) is 10.1 Å². The zero-order chi connectivity index (χ0) is 18.6. The molecule has 25 heavy (non-hydrogen) atoms. The van der Waals surface area contributed by atoms with Gasteiger partial charge in [-0.1, -0.05) is 0 Å². The molecule has 0 amide bonds. The van der Waals surface area contributed by atoms with Crippen LogP contribution in [0.3, 0.4) is 0 Å². The van der Waals surface area contributed by atoms with Crippen molar-refractivity contribution in [3.05, 3.63) is 46.1 Å². The van der Waals surface area contributed by atoms with Crippen molar-refractivity contribution < 1.29 is 23.2 Å². The Morgan fingerprint density at radius 1 is 1.28 bits per heavy atom. The van der Waals surface area contributed by atoms with Gasteiger partial charge in [0.1, 0.15) is 5.82 Å². The summed E-state index contributed by atoms with van der Waals surface area (Å²) in [5, 5.41) is 24.8. The summed E-state index contributed by atoms with van der Waals surface area (Å²) in [5.41, 5.74) is -0.999. The van der Waals surface area contributed by atoms with E-state index in [9.17, 15) is 23.3 Å². The van der Waals surface area contributed by atoms with E-state index >= 15 is 0 Å². The van der Waals surface area contributed by atoms with Gasteiger partial charge in [0, 0.05) is 29.9 Å². The van der Waals surface area contributed by atoms with Gasteiger partial charge in [0.2, 0.25) is 5.95 Å². The lowest BCUT2D eigenvalue weighted by atomic mass is 10.3. The van der Waals surface area contributed by atoms with Crippen LogP contribution in [0.1, 0.15) is 12.6 Å². The molecule has 0 aliphatic heterocycles. The van der Waals surface area contributed by atoms with E-state index in [0.717, 1.165) is 6.07 Å². The molecule has 0 aliphatic carbocycles. The molecule has 1 heterocycles. The lowest BCUT2D eigenvalue weighted by Gasteiger charge is -2.15. The third-order valence-electron chi connectivity index (χ3n) is 3.02. The number of aliphatic hydroxyl groups is 1. The van der Waals surface area contributed by atoms with Crippen LogP contribution in [0.4, 0.5) is 36.3 Å². The maximum atomic E-state index is 13.0. The summed E-state index contributed by atoms with van der Waals surface area (Å²) < 4.78 is 38.9. The Morgan fingerprint density at radius 3 is 2.44 bits per heavy atom. The van der Waals surface area contributed by atoms with E-state index in [1.54, 1.807) is 6.92 Å². The summed E-state index contributed by atoms with van der Waals surface area (Å²) >= 11 is 0. The topological polar surface area (TPSA) is 113 Å². The second-order valence-electron chi connectivity index (χ2n) is 5.12. The molecule has 3 N–H and O–H groups in total. The highest BCUT2D eigenvalue weighted by Crippen LogP contribution is 2.30. The van der Waals surface area contributed by atoms with Crippen LogP contribution in [0.15, 0.2) is 30.3 Å². The minimum absolute atomic E-state index is 0.149. The van der Waals surface area contributed by atoms with Gasteiger partial charge in [-0.2, -0.15) is 18.2 Å². The number of hydrogen-bond acceptors (Lipinski definition) is 7. The number of nitro groups is 1. The van der Waals surface area contributed by atoms with Crippen LogP contribution in [0.2, 0.25) is 0 Å². The van der Waals surface area contributed by atoms with E-state index in [2.05, 4.69) is 20.6 Å². The minimum atomic E-state index is -4.69. The molecule has 2 rings (SSSR count). The van der Waals surface area contributed by atoms with Crippen molar-refractivity contribution in [2.24, 2.45) is 0 Å². The third kappa shape index (κ3) is 5.01. The van der Waals surface area contributed by atoms with Crippen LogP contribution in [0.5, 0.6) is 0 Å². The first-order valence-electron chi connectivity index (χ1n) is 7.04. The van der Waals surface area contributed by atoms with Crippen molar-refractivity contribution in [2.75, 3.05) is 17.2 Å². The second-order valence-corrected chi connectivity index (χ2v) is 5.12. The molecule has 1 aromatic carbocycles. The van der Waals surface area contributed by atoms with Gasteiger partial charge in [-0.15, -0.1) is 0 Å². The fourth-order valence-corrected chi connectivity index (χ4v) is 1.80. The van der Waals surface area contributed by atoms with Crippen molar-refractivity contribution in [1.82, 2.24) is 9.97 Å². The molecule has 0 aliphatic rings. The molecular formula is C14H14F3N5O3. The zero-order valence-electron chi connectivity index (χ0n) is 12.9. The summed E-state index contributed by atoms with van der Waals surface area (Å²) in [5.74, 6) is -0.454. The van der Waals surface area contributed by atoms with Crippen molar-refractivity contribution in [1.29, 1.82) is 0 Å². The van der Waals surface area contributed by atoms with Crippen molar-refractivity contribution in [3.63, 3.8) is 0 Å². The maximum Gasteiger partial charge on any atom is 0.433 e. The summed E-state index contributed by atoms with van der Waals surface area (Å²) in [6.07, 6.45) is -4.69. The normalized spacial score (nSPS) is 12.5. The number of alkyl halides is 3. The number of nitrogens with zero attached hydrogens (tertiary/aromatic N) is 3. The first-order valence-corrected chi connectivity index (χ1v) is 7.04. The van der Waals surface area contributed by atoms with Crippen LogP contribution >= 0.6 is 0 Å². The van der Waals surface area contributed by atoms with Crippen molar-refractivity contribution in [2.45, 2.75) is 19.1 Å². The van der Waals surface area contributed by atoms with E-state index in [0.29, 0.717) is 5.69 Å². The Morgan fingerprint density at radius 2 is 1.92 bits per heavy atom. The molecule has 0 saturated carbocycles. The summed E-state index contributed by atoms with van der Waals surface area (Å²) in [6.45, 7) is 1.23. The number of nitro benzene ring substituents is 1. The van der Waals surface area contributed by atoms with Gasteiger partial charge in [-0.05, 0) is 19.1 Å². The van der Waals surface area contributed by atoms with Crippen molar-refractivity contribution >= 4 is 23.1 Å². The molecule has 1 atom stereocenters. The standard InChI is InChI=1S/C14H14F3N5O3/c1-8(7-23)18-13-20-11(14(15,16)17)6-12(21-13)19-9-2-4-10(5-3-9)22(24)25/h2-6,8,23H,7H2,1H3,(H2,18,19,20,21)/t8-/m0/s1. The summed E-state index contributed by atoms with van der Waals surface area (Å²) in [6, 6.07) is 5.28. The quantitative estimate of drug-likeness (QED) is 0.538. The van der Waals surface area contributed by atoms with E-state index < -0.39 is 22.8 Å². The fraction of sp³-hybridized carbons (Fsp3) is 0.286. The lowest BCUT2D eigenvalue weighted by molar-refractivity contribution is -0.384. The Bertz CT molecular complexity index is 752. The Labute approximate surface area is 139 Å². The predicted molar refractivity (Wildman–Crippen MR) is 83.6 cm³/mol. The molecule has 0 fully saturated rings. The van der Waals surface area contributed by atoms with Crippen LogP contribution in [-0.2, 0) is 6.18 Å². The molecule has 2 aromatic rings. The Hall–Kier alpha value is -2.95. The van der Waals surface area contributed by atoms with Crippen LogP contribution in [0.25, 0.3) is 0 Å². The molecule has 0 radical (unpaired) electrons. The Kier molecular flexibility index (Phi) is 5.37. The average molecular weight is 357 g/mol. The van der Waals surface area contributed by atoms with Gasteiger partial charge in [0.05, 0.1) is 11.5 Å². The smallest absolute Gasteiger partial charge is 0.394 e. The number of aliphatic hydroxyl groups excluding tert-OH is 1. The highest BCUT2D eigenvalue weighted by molar-refractivity contribution is 5.59. The number of non-ortho nitro benzene ring substituents is 1. The molecule has 0 spiro atoms. The number of rotatable bonds is 6. The SMILES string of the molecule is C[C@@H](CO)Nc1nc(Nc2ccc([N+](=O)[O-])cc2)cc(C(F)(F)F)n1. The average Bonchev–Trinajstić information content (AvgIpc) is 2.54. The second kappa shape index (κ2) is 7.30. The lowest BCUT2D eigenvalue weighted by Crippen LogP contribution is -2.22. The number of nitrogens with one attached hydrogen (secondary N) is 2. The predicted octanol–water partition coefficient (Wildman–Crippen LogP) is 2.94. The molecule has 0 saturated heterocycles. The van der Waals surface area contributed by atoms with Crippen molar-refractivity contribution in [3.8, 4) is 0 Å². The maximum absolute atomic E-state index is 13.0. The van der Waals surface area contributed by atoms with Gasteiger partial charge >= 0.3 is 6.18 Å². The van der Waals surface area contributed by atoms with Gasteiger partial charge < -0.3 is 15.7 Å². The van der Waals surface area contributed by atoms with E-state index in [1.807, 2.05) is 0 Å². The number of halogens is 3. The molecular weight excluding hydrogens is 343 g/mol. The third-order valence-corrected chi connectivity index (χ3v) is 3.02. The number of hydrogen-bond donors (Lipinski definition) is 3. The highest BCUT2D eigenvalue weighted by Gasteiger charge is 2.34. The zero-order valence-corrected chi connectivity index (χ0v) is 12.9. The van der Waals surface area contributed by atoms with Gasteiger partial charge in [0.25, 0.3) is 5.69 Å². The summed E-state index contributed by atoms with van der Waals surface area (Å²) in [7, 11) is 0. The number of benzene rings is 1. The van der Waals surface area contributed by atoms with Crippen LogP contribution in [0, 0.1) is 10.1 Å². The summed E-state index contributed by atoms with van der Waals surface area (Å²) in [4.78, 5) is 17.3. The van der Waals surface area contributed by atoms with Gasteiger partial charge in [0.15, 0.2) is 5.69 Å². The first kappa shape index (κ1) is 18.4. The molecule has 1 aromatic heterocycles. The molecule has 11 heteroatoms. The van der Waals surface area contributed by atoms with Gasteiger partial charge in [-0.25, -0.2) is 4.98 Å². The molecule has 0 bridgehead atoms. The molecule has 8 nitrogen and oxygen atoms in total. The molecule has 0 unspecified atom stereocenters. The number of anilines is 3.